The Hall–Kier alpha value is -3.07. The third kappa shape index (κ3) is 7.76. The standard InChI is InChI=1S/C25H35N3O5S/c1-6-33-23-15-11-10-14-22(23)28(34(5,31)32)18-24(29)27(17-21-12-8-7-9-13-21)20(4)25(30)26-16-19(2)3/h7-15,19-20H,6,16-18H2,1-5H3,(H,26,30). The van der Waals surface area contributed by atoms with Crippen LogP contribution in [0.3, 0.4) is 0 Å². The van der Waals surface area contributed by atoms with E-state index in [1.54, 1.807) is 38.1 Å². The minimum absolute atomic E-state index is 0.167. The topological polar surface area (TPSA) is 96.0 Å². The fourth-order valence-electron chi connectivity index (χ4n) is 3.35. The lowest BCUT2D eigenvalue weighted by Gasteiger charge is -2.32. The molecule has 2 rings (SSSR count). The molecule has 34 heavy (non-hydrogen) atoms. The Morgan fingerprint density at radius 3 is 2.21 bits per heavy atom. The van der Waals surface area contributed by atoms with Gasteiger partial charge >= 0.3 is 0 Å². The van der Waals surface area contributed by atoms with Gasteiger partial charge in [-0.05, 0) is 37.5 Å². The molecule has 9 heteroatoms. The van der Waals surface area contributed by atoms with E-state index in [0.717, 1.165) is 16.1 Å². The average Bonchev–Trinajstić information content (AvgIpc) is 2.79. The SMILES string of the molecule is CCOc1ccccc1N(CC(=O)N(Cc1ccccc1)C(C)C(=O)NCC(C)C)S(C)(=O)=O. The Morgan fingerprint density at radius 2 is 1.62 bits per heavy atom. The number of ether oxygens (including phenoxy) is 1. The van der Waals surface area contributed by atoms with Gasteiger partial charge in [-0.3, -0.25) is 13.9 Å². The van der Waals surface area contributed by atoms with E-state index in [1.807, 2.05) is 44.2 Å². The van der Waals surface area contributed by atoms with Crippen molar-refractivity contribution in [1.29, 1.82) is 0 Å². The van der Waals surface area contributed by atoms with Crippen molar-refractivity contribution >= 4 is 27.5 Å². The van der Waals surface area contributed by atoms with Crippen LogP contribution in [0.15, 0.2) is 54.6 Å². The van der Waals surface area contributed by atoms with Crippen LogP contribution in [-0.4, -0.2) is 57.1 Å². The van der Waals surface area contributed by atoms with Crippen molar-refractivity contribution in [3.05, 3.63) is 60.2 Å². The lowest BCUT2D eigenvalue weighted by atomic mass is 10.1. The van der Waals surface area contributed by atoms with E-state index in [4.69, 9.17) is 4.74 Å². The number of anilines is 1. The molecule has 8 nitrogen and oxygen atoms in total. The van der Waals surface area contributed by atoms with Crippen LogP contribution in [0, 0.1) is 5.92 Å². The third-order valence-corrected chi connectivity index (χ3v) is 6.29. The van der Waals surface area contributed by atoms with Crippen LogP contribution in [0.2, 0.25) is 0 Å². The fourth-order valence-corrected chi connectivity index (χ4v) is 4.20. The molecule has 1 atom stereocenters. The lowest BCUT2D eigenvalue weighted by Crippen LogP contribution is -2.51. The molecule has 2 aromatic rings. The molecule has 0 spiro atoms. The number of nitrogens with one attached hydrogen (secondary N) is 1. The number of benzene rings is 2. The van der Waals surface area contributed by atoms with Gasteiger partial charge in [0.1, 0.15) is 18.3 Å². The Morgan fingerprint density at radius 1 is 1.00 bits per heavy atom. The molecular formula is C25H35N3O5S. The van der Waals surface area contributed by atoms with Crippen LogP contribution < -0.4 is 14.4 Å². The van der Waals surface area contributed by atoms with Gasteiger partial charge in [-0.2, -0.15) is 0 Å². The minimum atomic E-state index is -3.82. The van der Waals surface area contributed by atoms with Crippen molar-refractivity contribution in [1.82, 2.24) is 10.2 Å². The van der Waals surface area contributed by atoms with Crippen molar-refractivity contribution < 1.29 is 22.7 Å². The number of hydrogen-bond acceptors (Lipinski definition) is 5. The summed E-state index contributed by atoms with van der Waals surface area (Å²) < 4.78 is 32.0. The highest BCUT2D eigenvalue weighted by Crippen LogP contribution is 2.30. The van der Waals surface area contributed by atoms with Gasteiger partial charge in [0, 0.05) is 13.1 Å². The normalized spacial score (nSPS) is 12.2. The first-order valence-electron chi connectivity index (χ1n) is 11.3. The van der Waals surface area contributed by atoms with Crippen molar-refractivity contribution in [2.45, 2.75) is 40.3 Å². The average molecular weight is 490 g/mol. The molecule has 0 bridgehead atoms. The van der Waals surface area contributed by atoms with Crippen molar-refractivity contribution in [2.75, 3.05) is 30.3 Å². The molecule has 0 saturated carbocycles. The Labute approximate surface area is 202 Å². The highest BCUT2D eigenvalue weighted by molar-refractivity contribution is 7.92. The second-order valence-electron chi connectivity index (χ2n) is 8.49. The summed E-state index contributed by atoms with van der Waals surface area (Å²) in [5.41, 5.74) is 1.11. The van der Waals surface area contributed by atoms with E-state index in [9.17, 15) is 18.0 Å². The van der Waals surface area contributed by atoms with Crippen LogP contribution in [0.5, 0.6) is 5.75 Å². The molecule has 1 unspecified atom stereocenters. The van der Waals surface area contributed by atoms with Gasteiger partial charge in [0.05, 0.1) is 18.6 Å². The number of rotatable bonds is 12. The van der Waals surface area contributed by atoms with Crippen molar-refractivity contribution in [2.24, 2.45) is 5.92 Å². The zero-order valence-electron chi connectivity index (χ0n) is 20.5. The molecular weight excluding hydrogens is 454 g/mol. The third-order valence-electron chi connectivity index (χ3n) is 5.16. The lowest BCUT2D eigenvalue weighted by molar-refractivity contribution is -0.139. The molecule has 0 aliphatic rings. The molecule has 0 aliphatic carbocycles. The maximum absolute atomic E-state index is 13.5. The van der Waals surface area contributed by atoms with Crippen LogP contribution in [0.4, 0.5) is 5.69 Å². The maximum atomic E-state index is 13.5. The first-order valence-corrected chi connectivity index (χ1v) is 13.2. The van der Waals surface area contributed by atoms with E-state index in [0.29, 0.717) is 18.9 Å². The predicted molar refractivity (Wildman–Crippen MR) is 134 cm³/mol. The largest absolute Gasteiger partial charge is 0.492 e. The summed E-state index contributed by atoms with van der Waals surface area (Å²) in [5, 5.41) is 2.86. The van der Waals surface area contributed by atoms with Gasteiger partial charge in [-0.1, -0.05) is 56.3 Å². The quantitative estimate of drug-likeness (QED) is 0.494. The number of carbonyl (C=O) groups is 2. The molecule has 0 aromatic heterocycles. The Bertz CT molecular complexity index is 1060. The van der Waals surface area contributed by atoms with Crippen LogP contribution in [0.1, 0.15) is 33.3 Å². The van der Waals surface area contributed by atoms with Crippen LogP contribution in [-0.2, 0) is 26.2 Å². The molecule has 0 saturated heterocycles. The maximum Gasteiger partial charge on any atom is 0.244 e. The van der Waals surface area contributed by atoms with Gasteiger partial charge in [0.25, 0.3) is 0 Å². The number of nitrogens with zero attached hydrogens (tertiary/aromatic N) is 2. The van der Waals surface area contributed by atoms with E-state index < -0.39 is 28.5 Å². The second kappa shape index (κ2) is 12.4. The van der Waals surface area contributed by atoms with Crippen LogP contribution >= 0.6 is 0 Å². The summed E-state index contributed by atoms with van der Waals surface area (Å²) in [5.74, 6) is -0.169. The van der Waals surface area contributed by atoms with Crippen LogP contribution in [0.25, 0.3) is 0 Å². The fraction of sp³-hybridized carbons (Fsp3) is 0.440. The van der Waals surface area contributed by atoms with E-state index in [-0.39, 0.29) is 24.1 Å². The molecule has 1 N–H and O–H groups in total. The van der Waals surface area contributed by atoms with Gasteiger partial charge in [0.2, 0.25) is 21.8 Å². The highest BCUT2D eigenvalue weighted by Gasteiger charge is 2.31. The molecule has 2 aromatic carbocycles. The number of carbonyl (C=O) groups excluding carboxylic acids is 2. The van der Waals surface area contributed by atoms with Gasteiger partial charge < -0.3 is 15.0 Å². The first-order chi connectivity index (χ1) is 16.0. The molecule has 0 aliphatic heterocycles. The molecule has 2 amide bonds. The van der Waals surface area contributed by atoms with E-state index in [2.05, 4.69) is 5.32 Å². The zero-order valence-corrected chi connectivity index (χ0v) is 21.3. The molecule has 186 valence electrons. The molecule has 0 radical (unpaired) electrons. The second-order valence-corrected chi connectivity index (χ2v) is 10.4. The van der Waals surface area contributed by atoms with Gasteiger partial charge in [0.15, 0.2) is 0 Å². The summed E-state index contributed by atoms with van der Waals surface area (Å²) in [6.07, 6.45) is 1.04. The number of amides is 2. The smallest absolute Gasteiger partial charge is 0.244 e. The van der Waals surface area contributed by atoms with Crippen molar-refractivity contribution in [3.63, 3.8) is 0 Å². The number of sulfonamides is 1. The highest BCUT2D eigenvalue weighted by atomic mass is 32.2. The number of para-hydroxylation sites is 2. The minimum Gasteiger partial charge on any atom is -0.492 e. The summed E-state index contributed by atoms with van der Waals surface area (Å²) in [6.45, 7) is 7.94. The van der Waals surface area contributed by atoms with E-state index in [1.165, 1.54) is 4.90 Å². The van der Waals surface area contributed by atoms with Gasteiger partial charge in [-0.15, -0.1) is 0 Å². The van der Waals surface area contributed by atoms with E-state index >= 15 is 0 Å². The zero-order chi connectivity index (χ0) is 25.3. The monoisotopic (exact) mass is 489 g/mol. The predicted octanol–water partition coefficient (Wildman–Crippen LogP) is 3.04. The molecule has 0 fully saturated rings. The summed E-state index contributed by atoms with van der Waals surface area (Å²) in [4.78, 5) is 27.8. The van der Waals surface area contributed by atoms with Crippen molar-refractivity contribution in [3.8, 4) is 5.75 Å². The number of hydrogen-bond donors (Lipinski definition) is 1. The first kappa shape index (κ1) is 27.2. The Kier molecular flexibility index (Phi) is 9.92. The van der Waals surface area contributed by atoms with Gasteiger partial charge in [-0.25, -0.2) is 8.42 Å². The summed E-state index contributed by atoms with van der Waals surface area (Å²) in [7, 11) is -3.82. The summed E-state index contributed by atoms with van der Waals surface area (Å²) in [6, 6.07) is 15.2. The Balaban J connectivity index is 2.38. The summed E-state index contributed by atoms with van der Waals surface area (Å²) >= 11 is 0. The molecule has 0 heterocycles.